The van der Waals surface area contributed by atoms with Crippen LogP contribution >= 0.6 is 0 Å². The van der Waals surface area contributed by atoms with E-state index in [4.69, 9.17) is 19.9 Å². The Bertz CT molecular complexity index is 5060. The average Bonchev–Trinajstić information content (AvgIpc) is 3.62. The van der Waals surface area contributed by atoms with E-state index in [1.165, 1.54) is 64.6 Å². The van der Waals surface area contributed by atoms with E-state index in [9.17, 15) is 0 Å². The number of hydrogen-bond acceptors (Lipinski definition) is 4. The van der Waals surface area contributed by atoms with Gasteiger partial charge in [0.1, 0.15) is 0 Å². The van der Waals surface area contributed by atoms with Crippen molar-refractivity contribution >= 4 is 97.3 Å². The molecule has 78 heavy (non-hydrogen) atoms. The van der Waals surface area contributed by atoms with Gasteiger partial charge in [-0.1, -0.05) is 218 Å². The number of fused-ring (bicyclic) bond motifs is 15. The van der Waals surface area contributed by atoms with Crippen LogP contribution in [0.4, 0.5) is 0 Å². The SMILES string of the molecule is c1cnc2c(-c3ccc(-c4nc(-c5ccc(-c6cccc7cccnc67)cc5)c5cc(-c6ccc7c8ccccc8c8ccccc8c7c6)cc(-c6ccc7c8ccccc8c8ccccc8c7c6)c5n4)cc3)cccc2c1. The van der Waals surface area contributed by atoms with Crippen LogP contribution in [0.25, 0.3) is 164 Å². The van der Waals surface area contributed by atoms with Gasteiger partial charge in [-0.3, -0.25) is 9.97 Å². The number of aromatic nitrogens is 4. The van der Waals surface area contributed by atoms with Crippen LogP contribution in [-0.2, 0) is 0 Å². The second-order valence-corrected chi connectivity index (χ2v) is 20.4. The highest BCUT2D eigenvalue weighted by Crippen LogP contribution is 2.44. The van der Waals surface area contributed by atoms with Crippen LogP contribution < -0.4 is 0 Å². The predicted octanol–water partition coefficient (Wildman–Crippen LogP) is 19.6. The normalized spacial score (nSPS) is 11.8. The number of pyridine rings is 2. The lowest BCUT2D eigenvalue weighted by Crippen LogP contribution is -1.98. The summed E-state index contributed by atoms with van der Waals surface area (Å²) in [6.45, 7) is 0. The van der Waals surface area contributed by atoms with Gasteiger partial charge >= 0.3 is 0 Å². The largest absolute Gasteiger partial charge is 0.256 e. The van der Waals surface area contributed by atoms with E-state index in [0.717, 1.165) is 94.0 Å². The Balaban J connectivity index is 0.969. The fourth-order valence-electron chi connectivity index (χ4n) is 12.4. The maximum Gasteiger partial charge on any atom is 0.160 e. The van der Waals surface area contributed by atoms with Gasteiger partial charge in [-0.25, -0.2) is 9.97 Å². The van der Waals surface area contributed by atoms with Crippen molar-refractivity contribution in [3.05, 3.63) is 267 Å². The third-order valence-electron chi connectivity index (χ3n) is 16.1. The molecule has 3 heterocycles. The molecule has 0 saturated carbocycles. The summed E-state index contributed by atoms with van der Waals surface area (Å²) in [7, 11) is 0. The monoisotopic (exact) mass is 988 g/mol. The molecule has 0 aliphatic heterocycles. The van der Waals surface area contributed by atoms with Crippen LogP contribution in [0.5, 0.6) is 0 Å². The Hall–Kier alpha value is -10.4. The molecular formula is C74H44N4. The molecule has 0 aliphatic rings. The predicted molar refractivity (Wildman–Crippen MR) is 328 cm³/mol. The van der Waals surface area contributed by atoms with E-state index in [1.54, 1.807) is 0 Å². The van der Waals surface area contributed by atoms with Gasteiger partial charge in [-0.15, -0.1) is 0 Å². The molecule has 0 atom stereocenters. The van der Waals surface area contributed by atoms with Gasteiger partial charge < -0.3 is 0 Å². The van der Waals surface area contributed by atoms with E-state index in [1.807, 2.05) is 24.5 Å². The van der Waals surface area contributed by atoms with Gasteiger partial charge in [0.2, 0.25) is 0 Å². The molecule has 0 unspecified atom stereocenters. The first-order valence-electron chi connectivity index (χ1n) is 26.6. The minimum atomic E-state index is 0.651. The van der Waals surface area contributed by atoms with Crippen molar-refractivity contribution in [3.63, 3.8) is 0 Å². The third-order valence-corrected chi connectivity index (χ3v) is 16.1. The zero-order valence-corrected chi connectivity index (χ0v) is 42.2. The maximum atomic E-state index is 5.68. The molecule has 0 amide bonds. The van der Waals surface area contributed by atoms with E-state index in [-0.39, 0.29) is 0 Å². The lowest BCUT2D eigenvalue weighted by molar-refractivity contribution is 1.23. The molecule has 0 radical (unpaired) electrons. The highest BCUT2D eigenvalue weighted by Gasteiger charge is 2.21. The summed E-state index contributed by atoms with van der Waals surface area (Å²) in [5.41, 5.74) is 14.3. The molecule has 0 N–H and O–H groups in total. The van der Waals surface area contributed by atoms with Crippen LogP contribution in [0.1, 0.15) is 0 Å². The molecular weight excluding hydrogens is 945 g/mol. The second-order valence-electron chi connectivity index (χ2n) is 20.4. The molecule has 16 rings (SSSR count). The topological polar surface area (TPSA) is 51.6 Å². The van der Waals surface area contributed by atoms with Gasteiger partial charge in [0.15, 0.2) is 5.82 Å². The summed E-state index contributed by atoms with van der Waals surface area (Å²) in [6, 6.07) is 92.4. The Morgan fingerprint density at radius 2 is 0.590 bits per heavy atom. The smallest absolute Gasteiger partial charge is 0.160 e. The van der Waals surface area contributed by atoms with Crippen molar-refractivity contribution < 1.29 is 0 Å². The van der Waals surface area contributed by atoms with Crippen molar-refractivity contribution in [2.45, 2.75) is 0 Å². The summed E-state index contributed by atoms with van der Waals surface area (Å²) in [5.74, 6) is 0.651. The number of para-hydroxylation sites is 2. The van der Waals surface area contributed by atoms with Gasteiger partial charge in [0.05, 0.1) is 22.2 Å². The first kappa shape index (κ1) is 43.9. The maximum absolute atomic E-state index is 5.68. The van der Waals surface area contributed by atoms with Crippen molar-refractivity contribution in [3.8, 4) is 67.2 Å². The summed E-state index contributed by atoms with van der Waals surface area (Å²) < 4.78 is 0. The Labute approximate surface area is 449 Å². The molecule has 0 bridgehead atoms. The van der Waals surface area contributed by atoms with Gasteiger partial charge in [0, 0.05) is 56.4 Å². The summed E-state index contributed by atoms with van der Waals surface area (Å²) >= 11 is 0. The molecule has 360 valence electrons. The molecule has 0 spiro atoms. The van der Waals surface area contributed by atoms with Crippen LogP contribution in [0.15, 0.2) is 267 Å². The van der Waals surface area contributed by atoms with E-state index >= 15 is 0 Å². The van der Waals surface area contributed by atoms with Crippen molar-refractivity contribution in [2.24, 2.45) is 0 Å². The van der Waals surface area contributed by atoms with Crippen LogP contribution in [0.2, 0.25) is 0 Å². The molecule has 13 aromatic carbocycles. The first-order valence-corrected chi connectivity index (χ1v) is 26.6. The van der Waals surface area contributed by atoms with Crippen LogP contribution in [0.3, 0.4) is 0 Å². The minimum Gasteiger partial charge on any atom is -0.256 e. The number of nitrogens with zero attached hydrogens (tertiary/aromatic N) is 4. The van der Waals surface area contributed by atoms with Crippen LogP contribution in [-0.4, -0.2) is 19.9 Å². The third kappa shape index (κ3) is 7.01. The quantitative estimate of drug-likeness (QED) is 0.156. The van der Waals surface area contributed by atoms with Crippen LogP contribution in [0, 0.1) is 0 Å². The van der Waals surface area contributed by atoms with Gasteiger partial charge in [0.25, 0.3) is 0 Å². The zero-order valence-electron chi connectivity index (χ0n) is 42.2. The lowest BCUT2D eigenvalue weighted by Gasteiger charge is -2.17. The highest BCUT2D eigenvalue weighted by molar-refractivity contribution is 6.27. The lowest BCUT2D eigenvalue weighted by atomic mass is 9.88. The first-order chi connectivity index (χ1) is 38.7. The summed E-state index contributed by atoms with van der Waals surface area (Å²) in [4.78, 5) is 20.9. The highest BCUT2D eigenvalue weighted by atomic mass is 14.9. The fourth-order valence-corrected chi connectivity index (χ4v) is 12.4. The molecule has 3 aromatic heterocycles. The van der Waals surface area contributed by atoms with Crippen molar-refractivity contribution in [2.75, 3.05) is 0 Å². The van der Waals surface area contributed by atoms with Gasteiger partial charge in [-0.2, -0.15) is 0 Å². The number of hydrogen-bond donors (Lipinski definition) is 0. The van der Waals surface area contributed by atoms with E-state index in [2.05, 4.69) is 243 Å². The second kappa shape index (κ2) is 17.6. The van der Waals surface area contributed by atoms with Gasteiger partial charge in [-0.05, 0) is 129 Å². The van der Waals surface area contributed by atoms with Crippen molar-refractivity contribution in [1.82, 2.24) is 19.9 Å². The Morgan fingerprint density at radius 3 is 1.09 bits per heavy atom. The Morgan fingerprint density at radius 1 is 0.205 bits per heavy atom. The van der Waals surface area contributed by atoms with Crippen molar-refractivity contribution in [1.29, 1.82) is 0 Å². The molecule has 0 saturated heterocycles. The molecule has 0 aliphatic carbocycles. The minimum absolute atomic E-state index is 0.651. The standard InChI is InChI=1S/C74H44N4/c1-3-21-60-56(17-1)58-19-5-7-23-62(58)67-41-51(35-37-64(60)67)53-43-66(52-36-38-65-61-22-4-2-18-57(61)59-20-6-8-24-63(59)68(65)42-52)73-69(44-53)72(49-31-27-45(28-32-49)54-25-9-13-47-15-11-39-75-70(47)54)77-74(78-73)50-33-29-46(30-34-50)55-26-10-14-48-16-12-40-76-71(48)55/h1-44H. The number of benzene rings is 13. The van der Waals surface area contributed by atoms with E-state index in [0.29, 0.717) is 5.82 Å². The molecule has 4 nitrogen and oxygen atoms in total. The summed E-state index contributed by atoms with van der Waals surface area (Å²) in [6.07, 6.45) is 3.74. The zero-order chi connectivity index (χ0) is 51.3. The molecule has 4 heteroatoms. The molecule has 0 fully saturated rings. The molecule has 16 aromatic rings. The summed E-state index contributed by atoms with van der Waals surface area (Å²) in [5, 5.41) is 18.0. The number of rotatable bonds is 6. The fraction of sp³-hybridized carbons (Fsp3) is 0. The average molecular weight is 989 g/mol. The Kier molecular flexibility index (Phi) is 9.91. The van der Waals surface area contributed by atoms with E-state index < -0.39 is 0 Å².